The van der Waals surface area contributed by atoms with Gasteiger partial charge in [-0.1, -0.05) is 12.8 Å². The van der Waals surface area contributed by atoms with Crippen LogP contribution in [0.25, 0.3) is 0 Å². The Morgan fingerprint density at radius 2 is 1.57 bits per heavy atom. The summed E-state index contributed by atoms with van der Waals surface area (Å²) in [5, 5.41) is 0. The van der Waals surface area contributed by atoms with Gasteiger partial charge in [0.15, 0.2) is 0 Å². The molecule has 0 atom stereocenters. The Hall–Kier alpha value is -1.35. The number of aryl methyl sites for hydroxylation is 2. The summed E-state index contributed by atoms with van der Waals surface area (Å²) in [5.41, 5.74) is 4.59. The Kier molecular flexibility index (Phi) is 4.29. The van der Waals surface area contributed by atoms with Crippen molar-refractivity contribution in [2.45, 2.75) is 45.6 Å². The summed E-state index contributed by atoms with van der Waals surface area (Å²) in [6.45, 7) is 8.83. The number of piperazine rings is 1. The van der Waals surface area contributed by atoms with E-state index < -0.39 is 0 Å². The van der Waals surface area contributed by atoms with Crippen LogP contribution < -0.4 is 4.90 Å². The monoisotopic (exact) mass is 286 g/mol. The van der Waals surface area contributed by atoms with Gasteiger partial charge in [0, 0.05) is 43.5 Å². The molecule has 2 aliphatic rings. The van der Waals surface area contributed by atoms with E-state index in [0.29, 0.717) is 0 Å². The van der Waals surface area contributed by atoms with Crippen LogP contribution in [0, 0.1) is 13.8 Å². The van der Waals surface area contributed by atoms with Crippen LogP contribution in [0.1, 0.15) is 47.2 Å². The molecule has 0 aromatic heterocycles. The molecule has 0 radical (unpaired) electrons. The van der Waals surface area contributed by atoms with Crippen molar-refractivity contribution in [2.24, 2.45) is 0 Å². The minimum absolute atomic E-state index is 0.790. The number of hydrogen-bond donors (Lipinski definition) is 0. The fourth-order valence-electron chi connectivity index (χ4n) is 4.14. The second kappa shape index (κ2) is 6.18. The van der Waals surface area contributed by atoms with Crippen LogP contribution in [0.4, 0.5) is 5.69 Å². The molecule has 3 heteroatoms. The molecule has 1 aliphatic carbocycles. The van der Waals surface area contributed by atoms with Crippen molar-refractivity contribution in [3.05, 3.63) is 28.8 Å². The molecule has 1 saturated carbocycles. The summed E-state index contributed by atoms with van der Waals surface area (Å²) in [6.07, 6.45) is 6.56. The molecule has 3 rings (SSSR count). The lowest BCUT2D eigenvalue weighted by molar-refractivity contribution is 0.112. The van der Waals surface area contributed by atoms with Crippen LogP contribution in [-0.2, 0) is 0 Å². The third-order valence-electron chi connectivity index (χ3n) is 5.12. The quantitative estimate of drug-likeness (QED) is 0.797. The number of carbonyl (C=O) groups excluding carboxylic acids is 1. The molecular weight excluding hydrogens is 260 g/mol. The average molecular weight is 286 g/mol. The van der Waals surface area contributed by atoms with Gasteiger partial charge in [0.1, 0.15) is 6.29 Å². The van der Waals surface area contributed by atoms with Crippen LogP contribution in [0.15, 0.2) is 12.1 Å². The van der Waals surface area contributed by atoms with Gasteiger partial charge in [0.2, 0.25) is 0 Å². The second-order valence-corrected chi connectivity index (χ2v) is 6.58. The predicted octanol–water partition coefficient (Wildman–Crippen LogP) is 3.18. The lowest BCUT2D eigenvalue weighted by Crippen LogP contribution is -2.50. The van der Waals surface area contributed by atoms with Gasteiger partial charge in [-0.05, 0) is 49.9 Å². The van der Waals surface area contributed by atoms with Crippen LogP contribution in [0.2, 0.25) is 0 Å². The van der Waals surface area contributed by atoms with E-state index >= 15 is 0 Å². The summed E-state index contributed by atoms with van der Waals surface area (Å²) < 4.78 is 0. The second-order valence-electron chi connectivity index (χ2n) is 6.58. The van der Waals surface area contributed by atoms with E-state index in [0.717, 1.165) is 31.0 Å². The third kappa shape index (κ3) is 2.98. The number of rotatable bonds is 3. The zero-order valence-corrected chi connectivity index (χ0v) is 13.3. The first-order valence-corrected chi connectivity index (χ1v) is 8.24. The van der Waals surface area contributed by atoms with Gasteiger partial charge in [0.25, 0.3) is 0 Å². The molecule has 114 valence electrons. The molecule has 1 heterocycles. The maximum absolute atomic E-state index is 11.0. The molecule has 2 fully saturated rings. The number of anilines is 1. The molecule has 0 unspecified atom stereocenters. The minimum Gasteiger partial charge on any atom is -0.369 e. The molecule has 0 spiro atoms. The lowest BCUT2D eigenvalue weighted by Gasteiger charge is -2.40. The predicted molar refractivity (Wildman–Crippen MR) is 87.3 cm³/mol. The Morgan fingerprint density at radius 1 is 1.00 bits per heavy atom. The molecule has 3 nitrogen and oxygen atoms in total. The molecule has 1 aromatic rings. The average Bonchev–Trinajstić information content (AvgIpc) is 3.01. The van der Waals surface area contributed by atoms with E-state index in [1.807, 2.05) is 12.1 Å². The zero-order valence-electron chi connectivity index (χ0n) is 13.3. The van der Waals surface area contributed by atoms with E-state index in [-0.39, 0.29) is 0 Å². The summed E-state index contributed by atoms with van der Waals surface area (Å²) in [7, 11) is 0. The van der Waals surface area contributed by atoms with Crippen molar-refractivity contribution in [1.82, 2.24) is 4.90 Å². The molecule has 21 heavy (non-hydrogen) atoms. The molecule has 0 amide bonds. The largest absolute Gasteiger partial charge is 0.369 e. The number of hydrogen-bond acceptors (Lipinski definition) is 3. The highest BCUT2D eigenvalue weighted by Crippen LogP contribution is 2.29. The highest BCUT2D eigenvalue weighted by Gasteiger charge is 2.27. The molecule has 1 aromatic carbocycles. The fraction of sp³-hybridized carbons (Fsp3) is 0.611. The van der Waals surface area contributed by atoms with Crippen LogP contribution in [0.5, 0.6) is 0 Å². The van der Waals surface area contributed by atoms with E-state index in [4.69, 9.17) is 0 Å². The summed E-state index contributed by atoms with van der Waals surface area (Å²) >= 11 is 0. The van der Waals surface area contributed by atoms with Gasteiger partial charge in [-0.15, -0.1) is 0 Å². The van der Waals surface area contributed by atoms with E-state index in [1.165, 1.54) is 55.6 Å². The number of benzene rings is 1. The number of carbonyl (C=O) groups is 1. The summed E-state index contributed by atoms with van der Waals surface area (Å²) in [6, 6.07) is 4.86. The number of aldehydes is 1. The number of nitrogens with zero attached hydrogens (tertiary/aromatic N) is 2. The Balaban J connectivity index is 1.70. The minimum atomic E-state index is 0.790. The van der Waals surface area contributed by atoms with Crippen molar-refractivity contribution in [1.29, 1.82) is 0 Å². The van der Waals surface area contributed by atoms with Crippen molar-refractivity contribution in [2.75, 3.05) is 31.1 Å². The Morgan fingerprint density at radius 3 is 2.10 bits per heavy atom. The smallest absolute Gasteiger partial charge is 0.150 e. The van der Waals surface area contributed by atoms with Crippen LogP contribution in [-0.4, -0.2) is 43.4 Å². The molecule has 1 saturated heterocycles. The maximum atomic E-state index is 11.0. The maximum Gasteiger partial charge on any atom is 0.150 e. The van der Waals surface area contributed by atoms with Crippen molar-refractivity contribution in [3.63, 3.8) is 0 Å². The molecular formula is C18H26N2O. The van der Waals surface area contributed by atoms with Crippen molar-refractivity contribution >= 4 is 12.0 Å². The summed E-state index contributed by atoms with van der Waals surface area (Å²) in [4.78, 5) is 16.2. The Labute approximate surface area is 127 Å². The van der Waals surface area contributed by atoms with E-state index in [9.17, 15) is 4.79 Å². The molecule has 1 aliphatic heterocycles. The van der Waals surface area contributed by atoms with Gasteiger partial charge in [-0.25, -0.2) is 0 Å². The normalized spacial score (nSPS) is 21.0. The first-order valence-electron chi connectivity index (χ1n) is 8.24. The van der Waals surface area contributed by atoms with Crippen LogP contribution >= 0.6 is 0 Å². The van der Waals surface area contributed by atoms with Gasteiger partial charge < -0.3 is 4.90 Å². The Bertz CT molecular complexity index is 489. The summed E-state index contributed by atoms with van der Waals surface area (Å²) in [5.74, 6) is 0. The fourth-order valence-corrected chi connectivity index (χ4v) is 4.14. The van der Waals surface area contributed by atoms with E-state index in [1.54, 1.807) is 0 Å². The standard InChI is InChI=1S/C18H26N2O/c1-14-11-16(13-21)12-15(2)18(14)20-9-7-19(8-10-20)17-5-3-4-6-17/h11-13,17H,3-10H2,1-2H3. The van der Waals surface area contributed by atoms with Crippen molar-refractivity contribution in [3.8, 4) is 0 Å². The SMILES string of the molecule is Cc1cc(C=O)cc(C)c1N1CCN(C2CCCC2)CC1. The molecule has 0 N–H and O–H groups in total. The van der Waals surface area contributed by atoms with Gasteiger partial charge in [-0.2, -0.15) is 0 Å². The first-order chi connectivity index (χ1) is 10.2. The highest BCUT2D eigenvalue weighted by molar-refractivity contribution is 5.78. The first kappa shape index (κ1) is 14.6. The third-order valence-corrected chi connectivity index (χ3v) is 5.12. The topological polar surface area (TPSA) is 23.6 Å². The highest BCUT2D eigenvalue weighted by atomic mass is 16.1. The van der Waals surface area contributed by atoms with Gasteiger partial charge >= 0.3 is 0 Å². The molecule has 0 bridgehead atoms. The zero-order chi connectivity index (χ0) is 14.8. The van der Waals surface area contributed by atoms with Crippen molar-refractivity contribution < 1.29 is 4.79 Å². The lowest BCUT2D eigenvalue weighted by atomic mass is 10.0. The van der Waals surface area contributed by atoms with Gasteiger partial charge in [-0.3, -0.25) is 9.69 Å². The van der Waals surface area contributed by atoms with E-state index in [2.05, 4.69) is 23.6 Å². The van der Waals surface area contributed by atoms with Crippen LogP contribution in [0.3, 0.4) is 0 Å². The van der Waals surface area contributed by atoms with Gasteiger partial charge in [0.05, 0.1) is 0 Å².